The third-order valence-corrected chi connectivity index (χ3v) is 3.73. The Labute approximate surface area is 134 Å². The van der Waals surface area contributed by atoms with E-state index in [-0.39, 0.29) is 5.78 Å². The van der Waals surface area contributed by atoms with Gasteiger partial charge >= 0.3 is 0 Å². The summed E-state index contributed by atoms with van der Waals surface area (Å²) in [5.41, 5.74) is 3.26. The number of aryl methyl sites for hydroxylation is 2. The van der Waals surface area contributed by atoms with Gasteiger partial charge in [0.2, 0.25) is 0 Å². The SMILES string of the molecule is CC(=O)c1ccc(Cl)c(C)c1.Cc1cc(C=O)ccc1Cl. The average molecular weight is 323 g/mol. The van der Waals surface area contributed by atoms with Crippen molar-refractivity contribution in [2.75, 3.05) is 0 Å². The molecule has 0 unspecified atom stereocenters. The number of Topliss-reactive ketones (excluding diaryl/α,β-unsaturated/α-hetero) is 1. The summed E-state index contributed by atoms with van der Waals surface area (Å²) in [6.45, 7) is 5.30. The van der Waals surface area contributed by atoms with E-state index in [4.69, 9.17) is 23.2 Å². The van der Waals surface area contributed by atoms with Crippen LogP contribution in [0.4, 0.5) is 0 Å². The van der Waals surface area contributed by atoms with Gasteiger partial charge in [-0.3, -0.25) is 9.59 Å². The fourth-order valence-corrected chi connectivity index (χ4v) is 1.84. The third kappa shape index (κ3) is 5.33. The molecule has 2 nitrogen and oxygen atoms in total. The lowest BCUT2D eigenvalue weighted by molar-refractivity contribution is 0.101. The Balaban J connectivity index is 0.000000211. The maximum absolute atomic E-state index is 10.9. The lowest BCUT2D eigenvalue weighted by Crippen LogP contribution is -1.91. The van der Waals surface area contributed by atoms with Gasteiger partial charge in [-0.15, -0.1) is 0 Å². The van der Waals surface area contributed by atoms with E-state index in [1.165, 1.54) is 0 Å². The third-order valence-electron chi connectivity index (χ3n) is 2.88. The van der Waals surface area contributed by atoms with Crippen molar-refractivity contribution < 1.29 is 9.59 Å². The van der Waals surface area contributed by atoms with Gasteiger partial charge in [-0.05, 0) is 62.2 Å². The minimum absolute atomic E-state index is 0.0739. The second kappa shape index (κ2) is 7.96. The number of carbonyl (C=O) groups excluding carboxylic acids is 2. The predicted octanol–water partition coefficient (Wildman–Crippen LogP) is 5.31. The summed E-state index contributed by atoms with van der Waals surface area (Å²) in [6.07, 6.45) is 0.809. The molecule has 0 aliphatic heterocycles. The standard InChI is InChI=1S/C9H9ClO.C8H7ClO/c1-6-5-8(7(2)11)3-4-9(6)10;1-6-4-7(5-10)2-3-8(6)9/h3-5H,1-2H3;2-5H,1H3. The summed E-state index contributed by atoms with van der Waals surface area (Å²) in [5.74, 6) is 0.0739. The Morgan fingerprint density at radius 3 is 1.90 bits per heavy atom. The summed E-state index contributed by atoms with van der Waals surface area (Å²) >= 11 is 11.5. The minimum Gasteiger partial charge on any atom is -0.298 e. The van der Waals surface area contributed by atoms with Gasteiger partial charge in [-0.2, -0.15) is 0 Å². The average Bonchev–Trinajstić information content (AvgIpc) is 2.45. The molecule has 0 bridgehead atoms. The van der Waals surface area contributed by atoms with Gasteiger partial charge in [0.15, 0.2) is 5.78 Å². The molecule has 0 N–H and O–H groups in total. The number of benzene rings is 2. The molecule has 0 saturated heterocycles. The van der Waals surface area contributed by atoms with E-state index in [1.807, 2.05) is 13.8 Å². The molecule has 2 rings (SSSR count). The fraction of sp³-hybridized carbons (Fsp3) is 0.176. The van der Waals surface area contributed by atoms with E-state index in [1.54, 1.807) is 43.3 Å². The Hall–Kier alpha value is -1.64. The highest BCUT2D eigenvalue weighted by Crippen LogP contribution is 2.16. The molecule has 0 fully saturated rings. The molecule has 2 aromatic carbocycles. The first-order valence-corrected chi connectivity index (χ1v) is 7.09. The monoisotopic (exact) mass is 322 g/mol. The molecule has 0 heterocycles. The topological polar surface area (TPSA) is 34.1 Å². The van der Waals surface area contributed by atoms with Crippen LogP contribution in [0.15, 0.2) is 36.4 Å². The predicted molar refractivity (Wildman–Crippen MR) is 87.8 cm³/mol. The highest BCUT2D eigenvalue weighted by Gasteiger charge is 2.00. The van der Waals surface area contributed by atoms with Crippen molar-refractivity contribution in [2.45, 2.75) is 20.8 Å². The molecule has 0 aromatic heterocycles. The van der Waals surface area contributed by atoms with Crippen LogP contribution >= 0.6 is 23.2 Å². The molecule has 0 spiro atoms. The smallest absolute Gasteiger partial charge is 0.159 e. The van der Waals surface area contributed by atoms with Crippen molar-refractivity contribution in [3.05, 3.63) is 68.7 Å². The van der Waals surface area contributed by atoms with E-state index < -0.39 is 0 Å². The van der Waals surface area contributed by atoms with Gasteiger partial charge in [0.1, 0.15) is 6.29 Å². The molecule has 4 heteroatoms. The van der Waals surface area contributed by atoms with Crippen molar-refractivity contribution >= 4 is 35.3 Å². The van der Waals surface area contributed by atoms with Crippen molar-refractivity contribution in [1.82, 2.24) is 0 Å². The number of hydrogen-bond donors (Lipinski definition) is 0. The zero-order valence-corrected chi connectivity index (χ0v) is 13.6. The first-order chi connectivity index (χ1) is 9.85. The van der Waals surface area contributed by atoms with Crippen LogP contribution in [0.3, 0.4) is 0 Å². The molecule has 0 aliphatic carbocycles. The lowest BCUT2D eigenvalue weighted by Gasteiger charge is -1.98. The second-order valence-electron chi connectivity index (χ2n) is 4.65. The van der Waals surface area contributed by atoms with Crippen molar-refractivity contribution in [2.24, 2.45) is 0 Å². The van der Waals surface area contributed by atoms with E-state index >= 15 is 0 Å². The number of hydrogen-bond acceptors (Lipinski definition) is 2. The number of aldehydes is 1. The molecular weight excluding hydrogens is 307 g/mol. The number of ketones is 1. The van der Waals surface area contributed by atoms with Crippen LogP contribution < -0.4 is 0 Å². The van der Waals surface area contributed by atoms with Crippen LogP contribution in [-0.2, 0) is 0 Å². The summed E-state index contributed by atoms with van der Waals surface area (Å²) in [4.78, 5) is 21.1. The van der Waals surface area contributed by atoms with E-state index in [2.05, 4.69) is 0 Å². The van der Waals surface area contributed by atoms with Gasteiger partial charge in [0.05, 0.1) is 0 Å². The van der Waals surface area contributed by atoms with E-state index in [9.17, 15) is 9.59 Å². The summed E-state index contributed by atoms with van der Waals surface area (Å²) in [6, 6.07) is 10.5. The quantitative estimate of drug-likeness (QED) is 0.554. The maximum atomic E-state index is 10.9. The second-order valence-corrected chi connectivity index (χ2v) is 5.46. The number of carbonyl (C=O) groups is 2. The molecular formula is C17H16Cl2O2. The van der Waals surface area contributed by atoms with Crippen molar-refractivity contribution in [1.29, 1.82) is 0 Å². The van der Waals surface area contributed by atoms with Gasteiger partial charge in [0.25, 0.3) is 0 Å². The molecule has 0 aliphatic rings. The van der Waals surface area contributed by atoms with Gasteiger partial charge in [0, 0.05) is 21.2 Å². The number of rotatable bonds is 2. The van der Waals surface area contributed by atoms with Crippen molar-refractivity contribution in [3.63, 3.8) is 0 Å². The molecule has 0 amide bonds. The minimum atomic E-state index is 0.0739. The summed E-state index contributed by atoms with van der Waals surface area (Å²) in [7, 11) is 0. The Morgan fingerprint density at radius 2 is 1.48 bits per heavy atom. The van der Waals surface area contributed by atoms with E-state index in [0.717, 1.165) is 17.4 Å². The normalized spacial score (nSPS) is 9.57. The van der Waals surface area contributed by atoms with E-state index in [0.29, 0.717) is 21.2 Å². The summed E-state index contributed by atoms with van der Waals surface area (Å²) < 4.78 is 0. The zero-order valence-electron chi connectivity index (χ0n) is 12.1. The molecule has 21 heavy (non-hydrogen) atoms. The zero-order chi connectivity index (χ0) is 16.0. The molecule has 110 valence electrons. The Kier molecular flexibility index (Phi) is 6.60. The van der Waals surface area contributed by atoms with Gasteiger partial charge in [-0.1, -0.05) is 29.3 Å². The van der Waals surface area contributed by atoms with Crippen LogP contribution in [0.1, 0.15) is 38.8 Å². The van der Waals surface area contributed by atoms with Crippen LogP contribution in [-0.4, -0.2) is 12.1 Å². The fourth-order valence-electron chi connectivity index (χ4n) is 1.60. The van der Waals surface area contributed by atoms with Crippen LogP contribution in [0, 0.1) is 13.8 Å². The van der Waals surface area contributed by atoms with Crippen molar-refractivity contribution in [3.8, 4) is 0 Å². The first kappa shape index (κ1) is 17.4. The van der Waals surface area contributed by atoms with Crippen LogP contribution in [0.2, 0.25) is 10.0 Å². The molecule has 0 radical (unpaired) electrons. The molecule has 2 aromatic rings. The molecule has 0 saturated carbocycles. The highest BCUT2D eigenvalue weighted by molar-refractivity contribution is 6.31. The van der Waals surface area contributed by atoms with Crippen LogP contribution in [0.25, 0.3) is 0 Å². The Morgan fingerprint density at radius 1 is 0.952 bits per heavy atom. The van der Waals surface area contributed by atoms with Gasteiger partial charge in [-0.25, -0.2) is 0 Å². The maximum Gasteiger partial charge on any atom is 0.159 e. The van der Waals surface area contributed by atoms with Gasteiger partial charge < -0.3 is 0 Å². The molecule has 0 atom stereocenters. The highest BCUT2D eigenvalue weighted by atomic mass is 35.5. The largest absolute Gasteiger partial charge is 0.298 e. The first-order valence-electron chi connectivity index (χ1n) is 6.33. The number of halogens is 2. The Bertz CT molecular complexity index is 664. The lowest BCUT2D eigenvalue weighted by atomic mass is 10.1. The summed E-state index contributed by atoms with van der Waals surface area (Å²) in [5, 5.41) is 1.40. The van der Waals surface area contributed by atoms with Crippen LogP contribution in [0.5, 0.6) is 0 Å².